The quantitative estimate of drug-likeness (QED) is 0.279. The first-order chi connectivity index (χ1) is 15.5. The molecule has 0 aliphatic carbocycles. The highest BCUT2D eigenvalue weighted by atomic mass is 35.5. The SMILES string of the molecule is CC/C(=C(/c1ccc(Cl)cc1)c1ccc(OCCN(CC)CC)cc1)c1ccc(Cl)cc1. The largest absolute Gasteiger partial charge is 0.492 e. The fourth-order valence-corrected chi connectivity index (χ4v) is 4.11. The van der Waals surface area contributed by atoms with Gasteiger partial charge in [0.1, 0.15) is 12.4 Å². The van der Waals surface area contributed by atoms with Crippen molar-refractivity contribution in [1.82, 2.24) is 4.90 Å². The lowest BCUT2D eigenvalue weighted by molar-refractivity contribution is 0.223. The van der Waals surface area contributed by atoms with Crippen LogP contribution in [0.15, 0.2) is 72.8 Å². The minimum Gasteiger partial charge on any atom is -0.492 e. The Bertz CT molecular complexity index is 1000. The average molecular weight is 468 g/mol. The molecule has 3 aromatic carbocycles. The Morgan fingerprint density at radius 3 is 1.62 bits per heavy atom. The van der Waals surface area contributed by atoms with E-state index in [-0.39, 0.29) is 0 Å². The molecule has 0 saturated heterocycles. The van der Waals surface area contributed by atoms with Crippen molar-refractivity contribution in [3.8, 4) is 5.75 Å². The van der Waals surface area contributed by atoms with Gasteiger partial charge in [0.15, 0.2) is 0 Å². The molecule has 0 radical (unpaired) electrons. The van der Waals surface area contributed by atoms with E-state index in [1.54, 1.807) is 0 Å². The first kappa shape index (κ1) is 24.4. The molecular formula is C28H31Cl2NO. The van der Waals surface area contributed by atoms with Crippen molar-refractivity contribution in [2.24, 2.45) is 0 Å². The molecule has 0 saturated carbocycles. The van der Waals surface area contributed by atoms with E-state index in [2.05, 4.69) is 74.2 Å². The van der Waals surface area contributed by atoms with Gasteiger partial charge in [0, 0.05) is 16.6 Å². The first-order valence-corrected chi connectivity index (χ1v) is 12.0. The molecule has 32 heavy (non-hydrogen) atoms. The number of nitrogens with zero attached hydrogens (tertiary/aromatic N) is 1. The summed E-state index contributed by atoms with van der Waals surface area (Å²) in [6.45, 7) is 10.2. The maximum atomic E-state index is 6.17. The van der Waals surface area contributed by atoms with E-state index in [9.17, 15) is 0 Å². The third-order valence-corrected chi connectivity index (χ3v) is 6.20. The topological polar surface area (TPSA) is 12.5 Å². The first-order valence-electron chi connectivity index (χ1n) is 11.3. The van der Waals surface area contributed by atoms with Gasteiger partial charge in [-0.05, 0) is 83.7 Å². The summed E-state index contributed by atoms with van der Waals surface area (Å²) in [5.41, 5.74) is 5.91. The van der Waals surface area contributed by atoms with Crippen LogP contribution in [0.1, 0.15) is 43.9 Å². The van der Waals surface area contributed by atoms with Gasteiger partial charge < -0.3 is 9.64 Å². The summed E-state index contributed by atoms with van der Waals surface area (Å²) < 4.78 is 5.99. The summed E-state index contributed by atoms with van der Waals surface area (Å²) in [6, 6.07) is 24.5. The molecule has 3 aromatic rings. The minimum atomic E-state index is 0.686. The summed E-state index contributed by atoms with van der Waals surface area (Å²) in [6.07, 6.45) is 0.891. The third-order valence-electron chi connectivity index (χ3n) is 5.69. The highest BCUT2D eigenvalue weighted by Crippen LogP contribution is 2.35. The second kappa shape index (κ2) is 12.1. The lowest BCUT2D eigenvalue weighted by Gasteiger charge is -2.19. The van der Waals surface area contributed by atoms with Gasteiger partial charge in [-0.15, -0.1) is 0 Å². The second-order valence-corrected chi connectivity index (χ2v) is 8.49. The van der Waals surface area contributed by atoms with Gasteiger partial charge in [0.2, 0.25) is 0 Å². The standard InChI is InChI=1S/C28H31Cl2NO/c1-4-27(21-7-13-24(29)14-8-21)28(22-9-15-25(30)16-10-22)23-11-17-26(18-12-23)32-20-19-31(5-2)6-3/h7-18H,4-6,19-20H2,1-3H3/b28-27+. The van der Waals surface area contributed by atoms with Gasteiger partial charge in [0.25, 0.3) is 0 Å². The molecule has 2 nitrogen and oxygen atoms in total. The zero-order valence-corrected chi connectivity index (χ0v) is 20.6. The summed E-state index contributed by atoms with van der Waals surface area (Å²) in [5, 5.41) is 1.47. The molecule has 0 atom stereocenters. The summed E-state index contributed by atoms with van der Waals surface area (Å²) in [7, 11) is 0. The van der Waals surface area contributed by atoms with Crippen LogP contribution in [0.4, 0.5) is 0 Å². The molecule has 0 bridgehead atoms. The molecule has 0 spiro atoms. The highest BCUT2D eigenvalue weighted by Gasteiger charge is 2.13. The predicted octanol–water partition coefficient (Wildman–Crippen LogP) is 8.08. The van der Waals surface area contributed by atoms with Gasteiger partial charge >= 0.3 is 0 Å². The van der Waals surface area contributed by atoms with Crippen molar-refractivity contribution in [3.63, 3.8) is 0 Å². The molecule has 0 N–H and O–H groups in total. The number of likely N-dealkylation sites (N-methyl/N-ethyl adjacent to an activating group) is 1. The fraction of sp³-hybridized carbons (Fsp3) is 0.286. The van der Waals surface area contributed by atoms with E-state index < -0.39 is 0 Å². The van der Waals surface area contributed by atoms with Gasteiger partial charge in [-0.2, -0.15) is 0 Å². The molecule has 0 aliphatic rings. The Balaban J connectivity index is 1.95. The van der Waals surface area contributed by atoms with E-state index in [4.69, 9.17) is 27.9 Å². The van der Waals surface area contributed by atoms with E-state index in [1.165, 1.54) is 16.7 Å². The van der Waals surface area contributed by atoms with Gasteiger partial charge in [-0.3, -0.25) is 0 Å². The van der Waals surface area contributed by atoms with Crippen molar-refractivity contribution < 1.29 is 4.74 Å². The normalized spacial score (nSPS) is 12.1. The summed E-state index contributed by atoms with van der Waals surface area (Å²) >= 11 is 12.3. The Kier molecular flexibility index (Phi) is 9.23. The number of rotatable bonds is 10. The van der Waals surface area contributed by atoms with Crippen LogP contribution in [0, 0.1) is 0 Å². The van der Waals surface area contributed by atoms with Crippen molar-refractivity contribution in [3.05, 3.63) is 99.5 Å². The minimum absolute atomic E-state index is 0.686. The van der Waals surface area contributed by atoms with E-state index in [0.29, 0.717) is 6.61 Å². The Morgan fingerprint density at radius 1 is 0.688 bits per heavy atom. The van der Waals surface area contributed by atoms with Crippen LogP contribution in [-0.2, 0) is 0 Å². The molecule has 0 fully saturated rings. The zero-order chi connectivity index (χ0) is 22.9. The summed E-state index contributed by atoms with van der Waals surface area (Å²) in [5.74, 6) is 0.890. The van der Waals surface area contributed by atoms with Crippen LogP contribution in [0.5, 0.6) is 5.75 Å². The summed E-state index contributed by atoms with van der Waals surface area (Å²) in [4.78, 5) is 2.36. The molecule has 4 heteroatoms. The van der Waals surface area contributed by atoms with Crippen LogP contribution in [-0.4, -0.2) is 31.1 Å². The van der Waals surface area contributed by atoms with E-state index in [1.807, 2.05) is 24.3 Å². The number of hydrogen-bond donors (Lipinski definition) is 0. The van der Waals surface area contributed by atoms with Crippen molar-refractivity contribution in [2.75, 3.05) is 26.2 Å². The lowest BCUT2D eigenvalue weighted by Crippen LogP contribution is -2.27. The van der Waals surface area contributed by atoms with Crippen LogP contribution < -0.4 is 4.74 Å². The molecule has 0 amide bonds. The van der Waals surface area contributed by atoms with Crippen LogP contribution in [0.3, 0.4) is 0 Å². The second-order valence-electron chi connectivity index (χ2n) is 7.62. The number of allylic oxidation sites excluding steroid dienone is 1. The van der Waals surface area contributed by atoms with E-state index in [0.717, 1.165) is 53.0 Å². The molecule has 0 aromatic heterocycles. The van der Waals surface area contributed by atoms with E-state index >= 15 is 0 Å². The third kappa shape index (κ3) is 6.38. The highest BCUT2D eigenvalue weighted by molar-refractivity contribution is 6.31. The molecule has 0 aliphatic heterocycles. The lowest BCUT2D eigenvalue weighted by atomic mass is 9.88. The van der Waals surface area contributed by atoms with Crippen molar-refractivity contribution in [1.29, 1.82) is 0 Å². The number of hydrogen-bond acceptors (Lipinski definition) is 2. The molecule has 0 unspecified atom stereocenters. The Labute approximate surface area is 202 Å². The van der Waals surface area contributed by atoms with Gasteiger partial charge in [-0.1, -0.05) is 80.4 Å². The molecule has 0 heterocycles. The molecule has 3 rings (SSSR count). The van der Waals surface area contributed by atoms with Crippen LogP contribution in [0.25, 0.3) is 11.1 Å². The molecule has 168 valence electrons. The smallest absolute Gasteiger partial charge is 0.119 e. The monoisotopic (exact) mass is 467 g/mol. The number of halogens is 2. The fourth-order valence-electron chi connectivity index (χ4n) is 3.86. The Hall–Kier alpha value is -2.26. The number of ether oxygens (including phenoxy) is 1. The van der Waals surface area contributed by atoms with Gasteiger partial charge in [-0.25, -0.2) is 0 Å². The predicted molar refractivity (Wildman–Crippen MR) is 139 cm³/mol. The van der Waals surface area contributed by atoms with Crippen LogP contribution >= 0.6 is 23.2 Å². The molecular weight excluding hydrogens is 437 g/mol. The van der Waals surface area contributed by atoms with Crippen LogP contribution in [0.2, 0.25) is 10.0 Å². The maximum absolute atomic E-state index is 6.17. The average Bonchev–Trinajstić information content (AvgIpc) is 2.82. The van der Waals surface area contributed by atoms with Gasteiger partial charge in [0.05, 0.1) is 0 Å². The Morgan fingerprint density at radius 2 is 1.16 bits per heavy atom. The number of benzene rings is 3. The zero-order valence-electron chi connectivity index (χ0n) is 19.1. The maximum Gasteiger partial charge on any atom is 0.119 e. The van der Waals surface area contributed by atoms with Crippen molar-refractivity contribution in [2.45, 2.75) is 27.2 Å². The van der Waals surface area contributed by atoms with Crippen molar-refractivity contribution >= 4 is 34.3 Å².